The first-order chi connectivity index (χ1) is 13.7. The fourth-order valence-corrected chi connectivity index (χ4v) is 3.98. The van der Waals surface area contributed by atoms with Gasteiger partial charge in [-0.1, -0.05) is 61.7 Å². The lowest BCUT2D eigenvalue weighted by Gasteiger charge is -2.22. The highest BCUT2D eigenvalue weighted by Crippen LogP contribution is 2.34. The maximum Gasteiger partial charge on any atom is 0.240 e. The Balaban J connectivity index is 1.64. The van der Waals surface area contributed by atoms with Crippen LogP contribution in [0.1, 0.15) is 43.6 Å². The van der Waals surface area contributed by atoms with Gasteiger partial charge in [-0.3, -0.25) is 4.79 Å². The van der Waals surface area contributed by atoms with Gasteiger partial charge in [0.15, 0.2) is 0 Å². The highest BCUT2D eigenvalue weighted by molar-refractivity contribution is 6.29. The zero-order chi connectivity index (χ0) is 19.3. The van der Waals surface area contributed by atoms with E-state index in [2.05, 4.69) is 29.6 Å². The number of hydrogen-bond acceptors (Lipinski definition) is 2. The Hall–Kier alpha value is -2.59. The van der Waals surface area contributed by atoms with E-state index < -0.39 is 0 Å². The average molecular weight is 394 g/mol. The molecule has 5 heteroatoms. The molecule has 144 valence electrons. The third-order valence-corrected chi connectivity index (χ3v) is 5.62. The van der Waals surface area contributed by atoms with Crippen LogP contribution in [-0.2, 0) is 4.79 Å². The predicted octanol–water partition coefficient (Wildman–Crippen LogP) is 5.76. The van der Waals surface area contributed by atoms with Gasteiger partial charge in [0.25, 0.3) is 0 Å². The molecule has 2 aromatic carbocycles. The molecule has 3 aromatic rings. The number of hydrogen-bond donors (Lipinski definition) is 1. The summed E-state index contributed by atoms with van der Waals surface area (Å²) in [7, 11) is 0. The van der Waals surface area contributed by atoms with Crippen molar-refractivity contribution in [2.75, 3.05) is 11.2 Å². The number of alkyl halides is 1. The molecule has 1 aliphatic carbocycles. The van der Waals surface area contributed by atoms with Crippen LogP contribution in [0.25, 0.3) is 16.9 Å². The van der Waals surface area contributed by atoms with Gasteiger partial charge in [0.1, 0.15) is 11.7 Å². The van der Waals surface area contributed by atoms with Crippen molar-refractivity contribution in [1.29, 1.82) is 0 Å². The highest BCUT2D eigenvalue weighted by Gasteiger charge is 2.17. The molecule has 1 heterocycles. The minimum absolute atomic E-state index is 0.0919. The number of amides is 1. The summed E-state index contributed by atoms with van der Waals surface area (Å²) in [6.07, 6.45) is 6.60. The van der Waals surface area contributed by atoms with E-state index in [1.54, 1.807) is 4.68 Å². The summed E-state index contributed by atoms with van der Waals surface area (Å²) in [4.78, 5) is 11.8. The second kappa shape index (κ2) is 8.61. The standard InChI is InChI=1S/C23H24ClN3O/c24-16-23(28)25-22-15-21(26-27(22)20-9-5-2-6-10-20)19-13-11-18(12-14-19)17-7-3-1-4-8-17/h2,5-6,9-15,17H,1,3-4,7-8,16H2,(H,25,28). The highest BCUT2D eigenvalue weighted by atomic mass is 35.5. The molecule has 0 saturated heterocycles. The summed E-state index contributed by atoms with van der Waals surface area (Å²) in [6.45, 7) is 0. The van der Waals surface area contributed by atoms with Crippen molar-refractivity contribution in [1.82, 2.24) is 9.78 Å². The van der Waals surface area contributed by atoms with Crippen molar-refractivity contribution >= 4 is 23.3 Å². The SMILES string of the molecule is O=C(CCl)Nc1cc(-c2ccc(C3CCCCC3)cc2)nn1-c1ccccc1. The maximum absolute atomic E-state index is 11.8. The van der Waals surface area contributed by atoms with Gasteiger partial charge < -0.3 is 5.32 Å². The van der Waals surface area contributed by atoms with E-state index in [-0.39, 0.29) is 11.8 Å². The zero-order valence-electron chi connectivity index (χ0n) is 15.8. The molecule has 0 unspecified atom stereocenters. The Kier molecular flexibility index (Phi) is 5.77. The predicted molar refractivity (Wildman–Crippen MR) is 114 cm³/mol. The largest absolute Gasteiger partial charge is 0.310 e. The lowest BCUT2D eigenvalue weighted by molar-refractivity contribution is -0.114. The van der Waals surface area contributed by atoms with Gasteiger partial charge in [-0.25, -0.2) is 4.68 Å². The Bertz CT molecular complexity index is 928. The smallest absolute Gasteiger partial charge is 0.240 e. The number of carbonyl (C=O) groups excluding carboxylic acids is 1. The van der Waals surface area contributed by atoms with Gasteiger partial charge in [0.05, 0.1) is 11.4 Å². The van der Waals surface area contributed by atoms with Crippen LogP contribution in [0, 0.1) is 0 Å². The molecule has 4 rings (SSSR count). The quantitative estimate of drug-likeness (QED) is 0.560. The van der Waals surface area contributed by atoms with E-state index in [1.807, 2.05) is 36.4 Å². The molecule has 1 saturated carbocycles. The van der Waals surface area contributed by atoms with Crippen LogP contribution in [0.4, 0.5) is 5.82 Å². The molecule has 4 nitrogen and oxygen atoms in total. The summed E-state index contributed by atoms with van der Waals surface area (Å²) in [5.41, 5.74) is 4.17. The van der Waals surface area contributed by atoms with E-state index in [0.29, 0.717) is 11.7 Å². The number of para-hydroxylation sites is 1. The number of nitrogens with one attached hydrogen (secondary N) is 1. The Labute approximate surface area is 170 Å². The molecule has 0 spiro atoms. The van der Waals surface area contributed by atoms with Crippen molar-refractivity contribution in [3.8, 4) is 16.9 Å². The van der Waals surface area contributed by atoms with Crippen LogP contribution in [0.2, 0.25) is 0 Å². The second-order valence-corrected chi connectivity index (χ2v) is 7.57. The van der Waals surface area contributed by atoms with Crippen LogP contribution in [-0.4, -0.2) is 21.6 Å². The third kappa shape index (κ3) is 4.12. The molecule has 1 aliphatic rings. The number of anilines is 1. The topological polar surface area (TPSA) is 46.9 Å². The van der Waals surface area contributed by atoms with Crippen molar-refractivity contribution in [2.24, 2.45) is 0 Å². The molecule has 0 bridgehead atoms. The van der Waals surface area contributed by atoms with Gasteiger partial charge in [-0.2, -0.15) is 5.10 Å². The van der Waals surface area contributed by atoms with Crippen LogP contribution in [0.3, 0.4) is 0 Å². The number of benzene rings is 2. The Morgan fingerprint density at radius 2 is 1.75 bits per heavy atom. The van der Waals surface area contributed by atoms with E-state index in [9.17, 15) is 4.79 Å². The van der Waals surface area contributed by atoms with Gasteiger partial charge in [-0.05, 0) is 36.5 Å². The normalized spacial score (nSPS) is 14.8. The molecule has 0 radical (unpaired) electrons. The van der Waals surface area contributed by atoms with E-state index in [1.165, 1.54) is 37.7 Å². The minimum atomic E-state index is -0.252. The number of carbonyl (C=O) groups is 1. The first-order valence-corrected chi connectivity index (χ1v) is 10.4. The Morgan fingerprint density at radius 3 is 2.43 bits per heavy atom. The molecule has 1 amide bonds. The second-order valence-electron chi connectivity index (χ2n) is 7.30. The molecular formula is C23H24ClN3O. The summed E-state index contributed by atoms with van der Waals surface area (Å²) in [5, 5.41) is 7.58. The molecule has 28 heavy (non-hydrogen) atoms. The summed E-state index contributed by atoms with van der Waals surface area (Å²) in [6, 6.07) is 20.4. The van der Waals surface area contributed by atoms with Crippen molar-refractivity contribution in [3.05, 3.63) is 66.2 Å². The van der Waals surface area contributed by atoms with Crippen LogP contribution in [0.5, 0.6) is 0 Å². The number of rotatable bonds is 5. The summed E-state index contributed by atoms with van der Waals surface area (Å²) >= 11 is 5.67. The number of nitrogens with zero attached hydrogens (tertiary/aromatic N) is 2. The molecule has 1 fully saturated rings. The van der Waals surface area contributed by atoms with Crippen molar-refractivity contribution in [3.63, 3.8) is 0 Å². The minimum Gasteiger partial charge on any atom is -0.310 e. The summed E-state index contributed by atoms with van der Waals surface area (Å²) in [5.74, 6) is 0.954. The molecule has 1 N–H and O–H groups in total. The van der Waals surface area contributed by atoms with E-state index in [0.717, 1.165) is 16.9 Å². The van der Waals surface area contributed by atoms with Gasteiger partial charge in [0.2, 0.25) is 5.91 Å². The fraction of sp³-hybridized carbons (Fsp3) is 0.304. The lowest BCUT2D eigenvalue weighted by Crippen LogP contribution is -2.15. The molecule has 1 aromatic heterocycles. The van der Waals surface area contributed by atoms with Crippen LogP contribution < -0.4 is 5.32 Å². The van der Waals surface area contributed by atoms with Crippen LogP contribution >= 0.6 is 11.6 Å². The van der Waals surface area contributed by atoms with Gasteiger partial charge in [0, 0.05) is 11.6 Å². The first-order valence-electron chi connectivity index (χ1n) is 9.86. The molecule has 0 atom stereocenters. The fourth-order valence-electron chi connectivity index (χ4n) is 3.92. The summed E-state index contributed by atoms with van der Waals surface area (Å²) < 4.78 is 1.74. The zero-order valence-corrected chi connectivity index (χ0v) is 16.5. The van der Waals surface area contributed by atoms with Gasteiger partial charge in [-0.15, -0.1) is 11.6 Å². The monoisotopic (exact) mass is 393 g/mol. The van der Waals surface area contributed by atoms with E-state index in [4.69, 9.17) is 16.7 Å². The van der Waals surface area contributed by atoms with Crippen molar-refractivity contribution < 1.29 is 4.79 Å². The van der Waals surface area contributed by atoms with Gasteiger partial charge >= 0.3 is 0 Å². The number of halogens is 1. The Morgan fingerprint density at radius 1 is 1.04 bits per heavy atom. The van der Waals surface area contributed by atoms with Crippen molar-refractivity contribution in [2.45, 2.75) is 38.0 Å². The van der Waals surface area contributed by atoms with Crippen LogP contribution in [0.15, 0.2) is 60.7 Å². The first kappa shape index (κ1) is 18.8. The molecule has 0 aliphatic heterocycles. The third-order valence-electron chi connectivity index (χ3n) is 5.38. The average Bonchev–Trinajstić information content (AvgIpc) is 3.18. The lowest BCUT2D eigenvalue weighted by atomic mass is 9.84. The maximum atomic E-state index is 11.8. The molecular weight excluding hydrogens is 370 g/mol. The van der Waals surface area contributed by atoms with E-state index >= 15 is 0 Å². The number of aromatic nitrogens is 2.